The molecule has 0 atom stereocenters. The van der Waals surface area contributed by atoms with Gasteiger partial charge in [0.2, 0.25) is 5.91 Å². The summed E-state index contributed by atoms with van der Waals surface area (Å²) in [6, 6.07) is 10.1. The van der Waals surface area contributed by atoms with Crippen LogP contribution in [0.25, 0.3) is 55.7 Å². The molecule has 0 bridgehead atoms. The fourth-order valence-electron chi connectivity index (χ4n) is 4.33. The number of aromatic amines is 2. The Hall–Kier alpha value is -4.37. The number of nitrogens with zero attached hydrogens (tertiary/aromatic N) is 4. The molecular weight excluding hydrogens is 458 g/mol. The van der Waals surface area contributed by atoms with Gasteiger partial charge in [0, 0.05) is 51.1 Å². The summed E-state index contributed by atoms with van der Waals surface area (Å²) in [4.78, 5) is 29.2. The lowest BCUT2D eigenvalue weighted by atomic mass is 10.1. The molecule has 0 spiro atoms. The lowest BCUT2D eigenvalue weighted by Crippen LogP contribution is -2.13. The van der Waals surface area contributed by atoms with Crippen molar-refractivity contribution in [3.05, 3.63) is 65.9 Å². The Morgan fingerprint density at radius 1 is 0.971 bits per heavy atom. The number of thiophene rings is 1. The number of hydrogen-bond donors (Lipinski definition) is 3. The van der Waals surface area contributed by atoms with Gasteiger partial charge < -0.3 is 10.3 Å². The second kappa shape index (κ2) is 7.85. The van der Waals surface area contributed by atoms with E-state index in [1.54, 1.807) is 29.9 Å². The van der Waals surface area contributed by atoms with E-state index in [9.17, 15) is 4.79 Å². The predicted molar refractivity (Wildman–Crippen MR) is 137 cm³/mol. The average Bonchev–Trinajstić information content (AvgIpc) is 3.26. The number of nitrogens with one attached hydrogen (secondary N) is 3. The predicted octanol–water partition coefficient (Wildman–Crippen LogP) is 5.64. The molecule has 170 valence electrons. The first kappa shape index (κ1) is 20.0. The molecule has 9 heteroatoms. The van der Waals surface area contributed by atoms with Crippen LogP contribution in [0.5, 0.6) is 0 Å². The molecule has 6 aromatic rings. The van der Waals surface area contributed by atoms with E-state index in [4.69, 9.17) is 0 Å². The first-order valence-corrected chi connectivity index (χ1v) is 12.3. The summed E-state index contributed by atoms with van der Waals surface area (Å²) in [5, 5.41) is 16.8. The van der Waals surface area contributed by atoms with Gasteiger partial charge in [0.05, 0.1) is 40.7 Å². The van der Waals surface area contributed by atoms with Crippen molar-refractivity contribution in [3.8, 4) is 33.9 Å². The molecule has 6 heterocycles. The fraction of sp³-hybridized carbons (Fsp3) is 0.115. The largest absolute Gasteiger partial charge is 0.353 e. The van der Waals surface area contributed by atoms with E-state index in [2.05, 4.69) is 58.3 Å². The van der Waals surface area contributed by atoms with Gasteiger partial charge in [-0.1, -0.05) is 0 Å². The summed E-state index contributed by atoms with van der Waals surface area (Å²) in [6.45, 7) is 0. The average molecular weight is 478 g/mol. The van der Waals surface area contributed by atoms with Crippen LogP contribution in [0.2, 0.25) is 0 Å². The number of amides is 1. The molecule has 0 aliphatic heterocycles. The molecule has 8 nitrogen and oxygen atoms in total. The molecule has 1 saturated carbocycles. The highest BCUT2D eigenvalue weighted by atomic mass is 32.1. The first-order chi connectivity index (χ1) is 17.2. The van der Waals surface area contributed by atoms with Crippen molar-refractivity contribution in [3.63, 3.8) is 0 Å². The smallest absolute Gasteiger partial charge is 0.227 e. The van der Waals surface area contributed by atoms with Gasteiger partial charge in [-0.3, -0.25) is 24.8 Å². The zero-order chi connectivity index (χ0) is 23.4. The minimum atomic E-state index is 0.0552. The third-order valence-corrected chi connectivity index (χ3v) is 6.98. The van der Waals surface area contributed by atoms with Crippen molar-refractivity contribution in [1.82, 2.24) is 30.1 Å². The van der Waals surface area contributed by atoms with E-state index >= 15 is 0 Å². The molecule has 0 radical (unpaired) electrons. The van der Waals surface area contributed by atoms with E-state index < -0.39 is 0 Å². The number of anilines is 1. The molecule has 3 N–H and O–H groups in total. The Kier molecular flexibility index (Phi) is 4.49. The first-order valence-electron chi connectivity index (χ1n) is 11.3. The Balaban J connectivity index is 1.29. The van der Waals surface area contributed by atoms with Crippen molar-refractivity contribution < 1.29 is 4.79 Å². The van der Waals surface area contributed by atoms with Gasteiger partial charge in [0.25, 0.3) is 0 Å². The van der Waals surface area contributed by atoms with E-state index in [1.807, 2.05) is 24.4 Å². The number of hydrogen-bond acceptors (Lipinski definition) is 6. The monoisotopic (exact) mass is 477 g/mol. The van der Waals surface area contributed by atoms with Crippen LogP contribution in [0.3, 0.4) is 0 Å². The molecule has 6 aromatic heterocycles. The number of carbonyl (C=O) groups excluding carboxylic acids is 1. The molecule has 0 aromatic carbocycles. The van der Waals surface area contributed by atoms with E-state index in [0.29, 0.717) is 5.69 Å². The minimum Gasteiger partial charge on any atom is -0.353 e. The van der Waals surface area contributed by atoms with Crippen LogP contribution in [0, 0.1) is 5.92 Å². The number of rotatable bonds is 5. The summed E-state index contributed by atoms with van der Waals surface area (Å²) in [7, 11) is 0. The molecule has 1 fully saturated rings. The Bertz CT molecular complexity index is 1710. The van der Waals surface area contributed by atoms with Gasteiger partial charge in [-0.2, -0.15) is 16.4 Å². The van der Waals surface area contributed by atoms with Gasteiger partial charge in [-0.15, -0.1) is 0 Å². The summed E-state index contributed by atoms with van der Waals surface area (Å²) in [6.07, 6.45) is 8.93. The third kappa shape index (κ3) is 3.57. The Morgan fingerprint density at radius 2 is 1.89 bits per heavy atom. The maximum Gasteiger partial charge on any atom is 0.227 e. The summed E-state index contributed by atoms with van der Waals surface area (Å²) >= 11 is 1.65. The highest BCUT2D eigenvalue weighted by molar-refractivity contribution is 7.08. The standard InChI is InChI=1S/C26H19N7OS/c34-26(14-1-2-14)30-17-7-16(10-27-11-17)21-8-19-23(12-29-21)32-33-25(19)22-9-18-20(31-22)3-5-28-24(18)15-4-6-35-13-15/h3-14,31H,1-2H2,(H,30,34)(H,32,33). The summed E-state index contributed by atoms with van der Waals surface area (Å²) in [5.41, 5.74) is 7.86. The SMILES string of the molecule is O=C(Nc1cncc(-c2cc3c(-c4cc5c(-c6ccsc6)nccc5[nH]4)n[nH]c3cn2)c1)C1CC1. The molecule has 7 rings (SSSR count). The Morgan fingerprint density at radius 3 is 2.74 bits per heavy atom. The number of fused-ring (bicyclic) bond motifs is 2. The number of aromatic nitrogens is 6. The summed E-state index contributed by atoms with van der Waals surface area (Å²) < 4.78 is 0. The second-order valence-electron chi connectivity index (χ2n) is 8.73. The van der Waals surface area contributed by atoms with Crippen molar-refractivity contribution in [2.45, 2.75) is 12.8 Å². The molecular formula is C26H19N7OS. The van der Waals surface area contributed by atoms with Crippen LogP contribution in [0.4, 0.5) is 5.69 Å². The van der Waals surface area contributed by atoms with Crippen LogP contribution >= 0.6 is 11.3 Å². The van der Waals surface area contributed by atoms with Crippen molar-refractivity contribution in [1.29, 1.82) is 0 Å². The van der Waals surface area contributed by atoms with Gasteiger partial charge in [0.15, 0.2) is 0 Å². The summed E-state index contributed by atoms with van der Waals surface area (Å²) in [5.74, 6) is 0.188. The van der Waals surface area contributed by atoms with Gasteiger partial charge in [0.1, 0.15) is 5.69 Å². The van der Waals surface area contributed by atoms with Gasteiger partial charge in [-0.05, 0) is 48.6 Å². The van der Waals surface area contributed by atoms with Crippen LogP contribution in [0.1, 0.15) is 12.8 Å². The normalized spacial score (nSPS) is 13.5. The van der Waals surface area contributed by atoms with Crippen LogP contribution < -0.4 is 5.32 Å². The van der Waals surface area contributed by atoms with E-state index in [-0.39, 0.29) is 11.8 Å². The lowest BCUT2D eigenvalue weighted by Gasteiger charge is -2.06. The van der Waals surface area contributed by atoms with E-state index in [0.717, 1.165) is 68.6 Å². The van der Waals surface area contributed by atoms with Crippen LogP contribution in [0.15, 0.2) is 65.9 Å². The molecule has 0 unspecified atom stereocenters. The quantitative estimate of drug-likeness (QED) is 0.297. The van der Waals surface area contributed by atoms with Crippen LogP contribution in [-0.2, 0) is 4.79 Å². The van der Waals surface area contributed by atoms with Gasteiger partial charge in [-0.25, -0.2) is 0 Å². The molecule has 1 amide bonds. The molecule has 35 heavy (non-hydrogen) atoms. The molecule has 1 aliphatic carbocycles. The zero-order valence-corrected chi connectivity index (χ0v) is 19.3. The van der Waals surface area contributed by atoms with E-state index in [1.165, 1.54) is 0 Å². The fourth-order valence-corrected chi connectivity index (χ4v) is 4.97. The maximum atomic E-state index is 12.2. The molecule has 1 aliphatic rings. The molecule has 0 saturated heterocycles. The number of carbonyl (C=O) groups is 1. The van der Waals surface area contributed by atoms with Gasteiger partial charge >= 0.3 is 0 Å². The van der Waals surface area contributed by atoms with Crippen molar-refractivity contribution >= 4 is 44.7 Å². The van der Waals surface area contributed by atoms with Crippen LogP contribution in [-0.4, -0.2) is 36.0 Å². The zero-order valence-electron chi connectivity index (χ0n) is 18.4. The van der Waals surface area contributed by atoms with Crippen molar-refractivity contribution in [2.24, 2.45) is 5.92 Å². The highest BCUT2D eigenvalue weighted by Crippen LogP contribution is 2.35. The number of H-pyrrole nitrogens is 2. The lowest BCUT2D eigenvalue weighted by molar-refractivity contribution is -0.117. The third-order valence-electron chi connectivity index (χ3n) is 6.29. The Labute approximate surface area is 203 Å². The number of pyridine rings is 3. The second-order valence-corrected chi connectivity index (χ2v) is 9.51. The maximum absolute atomic E-state index is 12.2. The van der Waals surface area contributed by atoms with Crippen molar-refractivity contribution in [2.75, 3.05) is 5.32 Å². The highest BCUT2D eigenvalue weighted by Gasteiger charge is 2.29. The topological polar surface area (TPSA) is 112 Å². The minimum absolute atomic E-state index is 0.0552.